The van der Waals surface area contributed by atoms with Crippen molar-refractivity contribution in [2.24, 2.45) is 0 Å². The van der Waals surface area contributed by atoms with Crippen LogP contribution >= 0.6 is 0 Å². The first kappa shape index (κ1) is 14.1. The molecule has 110 valence electrons. The second-order valence-corrected chi connectivity index (χ2v) is 5.44. The number of hydrogen-bond acceptors (Lipinski definition) is 3. The van der Waals surface area contributed by atoms with Gasteiger partial charge in [-0.15, -0.1) is 0 Å². The molecule has 2 aromatic rings. The second kappa shape index (κ2) is 6.29. The highest BCUT2D eigenvalue weighted by Crippen LogP contribution is 2.30. The van der Waals surface area contributed by atoms with Gasteiger partial charge in [0.25, 0.3) is 0 Å². The Hall–Kier alpha value is -1.84. The minimum atomic E-state index is 0.0290. The third-order valence-corrected chi connectivity index (χ3v) is 4.04. The Balaban J connectivity index is 1.90. The Bertz CT molecular complexity index is 594. The van der Waals surface area contributed by atoms with Crippen molar-refractivity contribution in [3.8, 4) is 5.75 Å². The lowest BCUT2D eigenvalue weighted by Crippen LogP contribution is -2.27. The molecule has 1 N–H and O–H groups in total. The standard InChI is InChI=1S/C18H21NO2/c1-2-19-11-16-5-3-4-6-17(16)21-18(12-19)15-9-7-14(13-20)8-10-15/h3-10,18,20H,2,11-13H2,1H3. The first-order valence-electron chi connectivity index (χ1n) is 7.46. The monoisotopic (exact) mass is 283 g/mol. The van der Waals surface area contributed by atoms with Crippen molar-refractivity contribution in [3.05, 3.63) is 65.2 Å². The van der Waals surface area contributed by atoms with Crippen molar-refractivity contribution in [2.75, 3.05) is 13.1 Å². The smallest absolute Gasteiger partial charge is 0.136 e. The van der Waals surface area contributed by atoms with E-state index in [0.29, 0.717) is 0 Å². The Morgan fingerprint density at radius 1 is 1.14 bits per heavy atom. The Morgan fingerprint density at radius 2 is 1.90 bits per heavy atom. The minimum Gasteiger partial charge on any atom is -0.484 e. The molecule has 1 atom stereocenters. The van der Waals surface area contributed by atoms with E-state index in [9.17, 15) is 0 Å². The fourth-order valence-electron chi connectivity index (χ4n) is 2.73. The summed E-state index contributed by atoms with van der Waals surface area (Å²) in [6, 6.07) is 16.3. The third-order valence-electron chi connectivity index (χ3n) is 4.04. The highest BCUT2D eigenvalue weighted by molar-refractivity contribution is 5.35. The van der Waals surface area contributed by atoms with E-state index in [-0.39, 0.29) is 12.7 Å². The summed E-state index contributed by atoms with van der Waals surface area (Å²) in [6.07, 6.45) is 0.0290. The van der Waals surface area contributed by atoms with Crippen LogP contribution in [0.5, 0.6) is 5.75 Å². The lowest BCUT2D eigenvalue weighted by atomic mass is 10.1. The molecule has 0 aromatic heterocycles. The van der Waals surface area contributed by atoms with Crippen molar-refractivity contribution < 1.29 is 9.84 Å². The topological polar surface area (TPSA) is 32.7 Å². The van der Waals surface area contributed by atoms with E-state index in [0.717, 1.165) is 36.5 Å². The van der Waals surface area contributed by atoms with Gasteiger partial charge in [0.1, 0.15) is 11.9 Å². The van der Waals surface area contributed by atoms with Crippen LogP contribution in [0.1, 0.15) is 29.7 Å². The molecule has 1 aliphatic rings. The average molecular weight is 283 g/mol. The average Bonchev–Trinajstić information content (AvgIpc) is 2.74. The summed E-state index contributed by atoms with van der Waals surface area (Å²) >= 11 is 0. The molecular weight excluding hydrogens is 262 g/mol. The first-order chi connectivity index (χ1) is 10.3. The molecule has 3 rings (SSSR count). The first-order valence-corrected chi connectivity index (χ1v) is 7.46. The molecule has 0 radical (unpaired) electrons. The van der Waals surface area contributed by atoms with Gasteiger partial charge < -0.3 is 9.84 Å². The summed E-state index contributed by atoms with van der Waals surface area (Å²) in [7, 11) is 0. The van der Waals surface area contributed by atoms with E-state index < -0.39 is 0 Å². The quantitative estimate of drug-likeness (QED) is 0.939. The molecule has 2 aromatic carbocycles. The van der Waals surface area contributed by atoms with Gasteiger partial charge in [-0.3, -0.25) is 4.90 Å². The van der Waals surface area contributed by atoms with E-state index in [1.165, 1.54) is 5.56 Å². The molecule has 0 bridgehead atoms. The number of nitrogens with zero attached hydrogens (tertiary/aromatic N) is 1. The maximum Gasteiger partial charge on any atom is 0.136 e. The molecule has 0 amide bonds. The maximum absolute atomic E-state index is 9.15. The number of ether oxygens (including phenoxy) is 1. The van der Waals surface area contributed by atoms with Gasteiger partial charge in [-0.2, -0.15) is 0 Å². The van der Waals surface area contributed by atoms with Crippen LogP contribution in [0.4, 0.5) is 0 Å². The Labute approximate surface area is 125 Å². The predicted molar refractivity (Wildman–Crippen MR) is 83.1 cm³/mol. The molecular formula is C18H21NO2. The van der Waals surface area contributed by atoms with Crippen molar-refractivity contribution in [1.29, 1.82) is 0 Å². The lowest BCUT2D eigenvalue weighted by Gasteiger charge is -2.23. The van der Waals surface area contributed by atoms with Crippen LogP contribution < -0.4 is 4.74 Å². The molecule has 3 nitrogen and oxygen atoms in total. The van der Waals surface area contributed by atoms with Gasteiger partial charge in [0, 0.05) is 18.7 Å². The fraction of sp³-hybridized carbons (Fsp3) is 0.333. The molecule has 0 aliphatic carbocycles. The molecule has 1 unspecified atom stereocenters. The molecule has 0 saturated carbocycles. The fourth-order valence-corrected chi connectivity index (χ4v) is 2.73. The van der Waals surface area contributed by atoms with Crippen LogP contribution in [0.25, 0.3) is 0 Å². The van der Waals surface area contributed by atoms with Gasteiger partial charge in [0.2, 0.25) is 0 Å². The van der Waals surface area contributed by atoms with Gasteiger partial charge in [0.05, 0.1) is 6.61 Å². The van der Waals surface area contributed by atoms with E-state index in [1.54, 1.807) is 0 Å². The second-order valence-electron chi connectivity index (χ2n) is 5.44. The number of benzene rings is 2. The number of likely N-dealkylation sites (N-methyl/N-ethyl adjacent to an activating group) is 1. The predicted octanol–water partition coefficient (Wildman–Crippen LogP) is 3.13. The summed E-state index contributed by atoms with van der Waals surface area (Å²) in [5, 5.41) is 9.15. The summed E-state index contributed by atoms with van der Waals surface area (Å²) in [6.45, 7) is 5.07. The van der Waals surface area contributed by atoms with Gasteiger partial charge in [0.15, 0.2) is 0 Å². The maximum atomic E-state index is 9.15. The van der Waals surface area contributed by atoms with E-state index in [4.69, 9.17) is 9.84 Å². The summed E-state index contributed by atoms with van der Waals surface area (Å²) in [4.78, 5) is 2.40. The minimum absolute atomic E-state index is 0.0290. The summed E-state index contributed by atoms with van der Waals surface area (Å²) in [5.41, 5.74) is 3.33. The number of aliphatic hydroxyl groups is 1. The van der Waals surface area contributed by atoms with Gasteiger partial charge >= 0.3 is 0 Å². The molecule has 1 heterocycles. The van der Waals surface area contributed by atoms with Crippen LogP contribution in [0.2, 0.25) is 0 Å². The number of aliphatic hydroxyl groups excluding tert-OH is 1. The van der Waals surface area contributed by atoms with Crippen molar-refractivity contribution in [1.82, 2.24) is 4.90 Å². The van der Waals surface area contributed by atoms with Crippen molar-refractivity contribution >= 4 is 0 Å². The third kappa shape index (κ3) is 3.09. The molecule has 21 heavy (non-hydrogen) atoms. The molecule has 0 saturated heterocycles. The van der Waals surface area contributed by atoms with Crippen molar-refractivity contribution in [2.45, 2.75) is 26.2 Å². The zero-order chi connectivity index (χ0) is 14.7. The molecule has 0 fully saturated rings. The zero-order valence-corrected chi connectivity index (χ0v) is 12.3. The Kier molecular flexibility index (Phi) is 4.23. The van der Waals surface area contributed by atoms with Crippen LogP contribution in [0.3, 0.4) is 0 Å². The van der Waals surface area contributed by atoms with Crippen LogP contribution in [0, 0.1) is 0 Å². The SMILES string of the molecule is CCN1Cc2ccccc2OC(c2ccc(CO)cc2)C1. The molecule has 0 spiro atoms. The number of fused-ring (bicyclic) bond motifs is 1. The number of rotatable bonds is 3. The number of hydrogen-bond donors (Lipinski definition) is 1. The van der Waals surface area contributed by atoms with E-state index in [2.05, 4.69) is 36.1 Å². The highest BCUT2D eigenvalue weighted by Gasteiger charge is 2.23. The largest absolute Gasteiger partial charge is 0.484 e. The van der Waals surface area contributed by atoms with E-state index >= 15 is 0 Å². The Morgan fingerprint density at radius 3 is 2.62 bits per heavy atom. The number of para-hydroxylation sites is 1. The molecule has 1 aliphatic heterocycles. The van der Waals surface area contributed by atoms with E-state index in [1.807, 2.05) is 24.3 Å². The highest BCUT2D eigenvalue weighted by atomic mass is 16.5. The van der Waals surface area contributed by atoms with Crippen molar-refractivity contribution in [3.63, 3.8) is 0 Å². The summed E-state index contributed by atoms with van der Waals surface area (Å²) < 4.78 is 6.24. The van der Waals surface area contributed by atoms with Crippen LogP contribution in [-0.2, 0) is 13.2 Å². The lowest BCUT2D eigenvalue weighted by molar-refractivity contribution is 0.152. The normalized spacial score (nSPS) is 18.7. The molecule has 3 heteroatoms. The van der Waals surface area contributed by atoms with Crippen LogP contribution in [-0.4, -0.2) is 23.1 Å². The summed E-state index contributed by atoms with van der Waals surface area (Å²) in [5.74, 6) is 0.977. The van der Waals surface area contributed by atoms with Gasteiger partial charge in [-0.1, -0.05) is 49.4 Å². The zero-order valence-electron chi connectivity index (χ0n) is 12.3. The van der Waals surface area contributed by atoms with Gasteiger partial charge in [-0.05, 0) is 23.7 Å². The van der Waals surface area contributed by atoms with Gasteiger partial charge in [-0.25, -0.2) is 0 Å². The van der Waals surface area contributed by atoms with Crippen LogP contribution in [0.15, 0.2) is 48.5 Å².